The minimum absolute atomic E-state index is 0.405. The first-order valence-electron chi connectivity index (χ1n) is 6.09. The maximum Gasteiger partial charge on any atom is 0.417 e. The normalized spacial score (nSPS) is 11.2. The van der Waals surface area contributed by atoms with Gasteiger partial charge in [-0.1, -0.05) is 26.7 Å². The number of oxazole rings is 1. The number of anilines is 1. The molecule has 0 fully saturated rings. The fraction of sp³-hybridized carbons (Fsp3) is 0.462. The lowest BCUT2D eigenvalue weighted by atomic mass is 10.0. The molecule has 0 saturated carbocycles. The number of rotatable bonds is 5. The molecule has 4 heteroatoms. The quantitative estimate of drug-likeness (QED) is 0.836. The highest BCUT2D eigenvalue weighted by molar-refractivity contribution is 5.76. The van der Waals surface area contributed by atoms with Crippen LogP contribution in [0.25, 0.3) is 11.1 Å². The van der Waals surface area contributed by atoms with Gasteiger partial charge < -0.3 is 9.73 Å². The monoisotopic (exact) mass is 234 g/mol. The van der Waals surface area contributed by atoms with E-state index in [1.165, 1.54) is 12.8 Å². The van der Waals surface area contributed by atoms with Crippen LogP contribution in [0.15, 0.2) is 27.4 Å². The van der Waals surface area contributed by atoms with Gasteiger partial charge in [0.25, 0.3) is 0 Å². The minimum atomic E-state index is -0.405. The van der Waals surface area contributed by atoms with Gasteiger partial charge in [0.2, 0.25) is 0 Å². The second-order valence-corrected chi connectivity index (χ2v) is 4.29. The summed E-state index contributed by atoms with van der Waals surface area (Å²) in [4.78, 5) is 13.7. The smallest absolute Gasteiger partial charge is 0.408 e. The molecule has 0 atom stereocenters. The summed E-state index contributed by atoms with van der Waals surface area (Å²) in [7, 11) is 0. The van der Waals surface area contributed by atoms with Crippen molar-refractivity contribution in [1.29, 1.82) is 0 Å². The van der Waals surface area contributed by atoms with E-state index in [2.05, 4.69) is 24.1 Å². The average molecular weight is 234 g/mol. The van der Waals surface area contributed by atoms with Crippen LogP contribution in [0.3, 0.4) is 0 Å². The highest BCUT2D eigenvalue weighted by Gasteiger charge is 2.05. The molecular formula is C13H18N2O2. The van der Waals surface area contributed by atoms with Crippen LogP contribution in [0.4, 0.5) is 5.69 Å². The van der Waals surface area contributed by atoms with Crippen LogP contribution in [-0.2, 0) is 0 Å². The van der Waals surface area contributed by atoms with Crippen LogP contribution in [0.5, 0.6) is 0 Å². The lowest BCUT2D eigenvalue weighted by Crippen LogP contribution is -2.12. The lowest BCUT2D eigenvalue weighted by molar-refractivity contribution is 0.519. The van der Waals surface area contributed by atoms with Gasteiger partial charge in [-0.2, -0.15) is 0 Å². The molecule has 1 heterocycles. The van der Waals surface area contributed by atoms with Crippen LogP contribution < -0.4 is 11.1 Å². The highest BCUT2D eigenvalue weighted by Crippen LogP contribution is 2.17. The molecule has 0 aliphatic rings. The number of H-pyrrole nitrogens is 1. The van der Waals surface area contributed by atoms with Crippen molar-refractivity contribution >= 4 is 16.8 Å². The van der Waals surface area contributed by atoms with Gasteiger partial charge in [0.1, 0.15) is 0 Å². The van der Waals surface area contributed by atoms with E-state index in [0.29, 0.717) is 11.5 Å². The molecule has 2 aromatic rings. The fourth-order valence-electron chi connectivity index (χ4n) is 1.90. The first kappa shape index (κ1) is 11.8. The van der Waals surface area contributed by atoms with E-state index in [-0.39, 0.29) is 0 Å². The number of fused-ring (bicyclic) bond motifs is 1. The van der Waals surface area contributed by atoms with E-state index in [1.54, 1.807) is 0 Å². The van der Waals surface area contributed by atoms with Crippen molar-refractivity contribution in [2.75, 3.05) is 11.9 Å². The van der Waals surface area contributed by atoms with Gasteiger partial charge in [0.05, 0.1) is 5.52 Å². The molecule has 0 saturated heterocycles. The summed E-state index contributed by atoms with van der Waals surface area (Å²) in [6.07, 6.45) is 2.35. The van der Waals surface area contributed by atoms with Gasteiger partial charge in [-0.05, 0) is 24.1 Å². The average Bonchev–Trinajstić information content (AvgIpc) is 2.69. The van der Waals surface area contributed by atoms with Crippen LogP contribution in [0, 0.1) is 5.92 Å². The number of aromatic nitrogens is 1. The van der Waals surface area contributed by atoms with Crippen LogP contribution in [-0.4, -0.2) is 11.5 Å². The number of hydrogen-bond acceptors (Lipinski definition) is 3. The SMILES string of the molecule is CCC(CC)CNc1ccc2oc(=O)[nH]c2c1. The summed E-state index contributed by atoms with van der Waals surface area (Å²) in [6.45, 7) is 5.36. The van der Waals surface area contributed by atoms with Gasteiger partial charge in [-0.25, -0.2) is 4.79 Å². The van der Waals surface area contributed by atoms with Gasteiger partial charge in [0, 0.05) is 12.2 Å². The Hall–Kier alpha value is -1.71. The summed E-state index contributed by atoms with van der Waals surface area (Å²) in [5.74, 6) is 0.284. The second-order valence-electron chi connectivity index (χ2n) is 4.29. The van der Waals surface area contributed by atoms with Crippen molar-refractivity contribution in [1.82, 2.24) is 4.98 Å². The first-order valence-corrected chi connectivity index (χ1v) is 6.09. The Morgan fingerprint density at radius 3 is 2.82 bits per heavy atom. The fourth-order valence-corrected chi connectivity index (χ4v) is 1.90. The Kier molecular flexibility index (Phi) is 3.52. The molecule has 0 amide bonds. The number of aromatic amines is 1. The third-order valence-corrected chi connectivity index (χ3v) is 3.17. The lowest BCUT2D eigenvalue weighted by Gasteiger charge is -2.14. The molecule has 0 aliphatic heterocycles. The van der Waals surface area contributed by atoms with Crippen molar-refractivity contribution in [3.63, 3.8) is 0 Å². The van der Waals surface area contributed by atoms with Crippen molar-refractivity contribution < 1.29 is 4.42 Å². The summed E-state index contributed by atoms with van der Waals surface area (Å²) in [5, 5.41) is 3.38. The largest absolute Gasteiger partial charge is 0.417 e. The third-order valence-electron chi connectivity index (χ3n) is 3.17. The number of nitrogens with one attached hydrogen (secondary N) is 2. The third kappa shape index (κ3) is 2.70. The zero-order chi connectivity index (χ0) is 12.3. The van der Waals surface area contributed by atoms with Crippen molar-refractivity contribution in [3.8, 4) is 0 Å². The number of hydrogen-bond donors (Lipinski definition) is 2. The van der Waals surface area contributed by atoms with Crippen molar-refractivity contribution in [2.24, 2.45) is 5.92 Å². The summed E-state index contributed by atoms with van der Waals surface area (Å²) in [5.41, 5.74) is 2.36. The van der Waals surface area contributed by atoms with Crippen molar-refractivity contribution in [3.05, 3.63) is 28.7 Å². The summed E-state index contributed by atoms with van der Waals surface area (Å²) < 4.78 is 4.95. The van der Waals surface area contributed by atoms with Gasteiger partial charge >= 0.3 is 5.76 Å². The molecule has 0 radical (unpaired) electrons. The van der Waals surface area contributed by atoms with E-state index in [9.17, 15) is 4.79 Å². The molecule has 0 unspecified atom stereocenters. The maximum atomic E-state index is 11.0. The zero-order valence-corrected chi connectivity index (χ0v) is 10.2. The Labute approximate surface area is 100 Å². The molecule has 1 aromatic heterocycles. The number of benzene rings is 1. The molecule has 1 aromatic carbocycles. The van der Waals surface area contributed by atoms with Crippen LogP contribution in [0.1, 0.15) is 26.7 Å². The van der Waals surface area contributed by atoms with E-state index >= 15 is 0 Å². The van der Waals surface area contributed by atoms with Gasteiger partial charge in [-0.3, -0.25) is 4.98 Å². The molecule has 0 bridgehead atoms. The second kappa shape index (κ2) is 5.08. The Morgan fingerprint density at radius 1 is 1.35 bits per heavy atom. The molecule has 2 rings (SSSR count). The Balaban J connectivity index is 2.11. The van der Waals surface area contributed by atoms with E-state index in [0.717, 1.165) is 17.7 Å². The topological polar surface area (TPSA) is 58.0 Å². The van der Waals surface area contributed by atoms with Crippen LogP contribution >= 0.6 is 0 Å². The van der Waals surface area contributed by atoms with Crippen LogP contribution in [0.2, 0.25) is 0 Å². The van der Waals surface area contributed by atoms with E-state index < -0.39 is 5.76 Å². The van der Waals surface area contributed by atoms with E-state index in [1.807, 2.05) is 18.2 Å². The standard InChI is InChI=1S/C13H18N2O2/c1-3-9(4-2)8-14-10-5-6-12-11(7-10)15-13(16)17-12/h5-7,9,14H,3-4,8H2,1-2H3,(H,15,16). The summed E-state index contributed by atoms with van der Waals surface area (Å²) >= 11 is 0. The zero-order valence-electron chi connectivity index (χ0n) is 10.2. The maximum absolute atomic E-state index is 11.0. The molecule has 4 nitrogen and oxygen atoms in total. The Morgan fingerprint density at radius 2 is 2.12 bits per heavy atom. The summed E-state index contributed by atoms with van der Waals surface area (Å²) in [6, 6.07) is 5.65. The molecule has 0 aliphatic carbocycles. The first-order chi connectivity index (χ1) is 8.22. The molecule has 2 N–H and O–H groups in total. The van der Waals surface area contributed by atoms with E-state index in [4.69, 9.17) is 4.42 Å². The molecule has 17 heavy (non-hydrogen) atoms. The van der Waals surface area contributed by atoms with Gasteiger partial charge in [-0.15, -0.1) is 0 Å². The predicted molar refractivity (Wildman–Crippen MR) is 69.4 cm³/mol. The Bertz CT molecular complexity index is 538. The molecular weight excluding hydrogens is 216 g/mol. The molecule has 92 valence electrons. The molecule has 0 spiro atoms. The predicted octanol–water partition coefficient (Wildman–Crippen LogP) is 2.97. The minimum Gasteiger partial charge on any atom is -0.408 e. The van der Waals surface area contributed by atoms with Crippen molar-refractivity contribution in [2.45, 2.75) is 26.7 Å². The highest BCUT2D eigenvalue weighted by atomic mass is 16.4. The van der Waals surface area contributed by atoms with Gasteiger partial charge in [0.15, 0.2) is 5.58 Å².